The van der Waals surface area contributed by atoms with E-state index in [9.17, 15) is 27.2 Å². The smallest absolute Gasteiger partial charge is 0.416 e. The van der Waals surface area contributed by atoms with Gasteiger partial charge in [-0.15, -0.1) is 0 Å². The molecule has 0 unspecified atom stereocenters. The van der Waals surface area contributed by atoms with Crippen molar-refractivity contribution in [3.05, 3.63) is 88.1 Å². The van der Waals surface area contributed by atoms with Gasteiger partial charge in [0.25, 0.3) is 5.91 Å². The van der Waals surface area contributed by atoms with Gasteiger partial charge in [0.1, 0.15) is 17.3 Å². The Labute approximate surface area is 155 Å². The number of ether oxygens (including phenoxy) is 1. The van der Waals surface area contributed by atoms with Crippen LogP contribution in [0.15, 0.2) is 65.6 Å². The van der Waals surface area contributed by atoms with Gasteiger partial charge >= 0.3 is 6.18 Å². The van der Waals surface area contributed by atoms with Crippen molar-refractivity contribution in [1.29, 1.82) is 0 Å². The van der Waals surface area contributed by atoms with Gasteiger partial charge in [0.2, 0.25) is 5.56 Å². The minimum absolute atomic E-state index is 0.0322. The molecule has 0 aliphatic heterocycles. The minimum Gasteiger partial charge on any atom is -0.457 e. The molecule has 3 rings (SSSR count). The average Bonchev–Trinajstić information content (AvgIpc) is 2.63. The van der Waals surface area contributed by atoms with Crippen molar-refractivity contribution >= 4 is 11.6 Å². The lowest BCUT2D eigenvalue weighted by atomic mass is 10.1. The van der Waals surface area contributed by atoms with Crippen LogP contribution < -0.4 is 15.6 Å². The largest absolute Gasteiger partial charge is 0.457 e. The van der Waals surface area contributed by atoms with Gasteiger partial charge in [0.15, 0.2) is 0 Å². The predicted octanol–water partition coefficient (Wildman–Crippen LogP) is 4.58. The Morgan fingerprint density at radius 2 is 1.71 bits per heavy atom. The molecule has 0 saturated heterocycles. The fourth-order valence-corrected chi connectivity index (χ4v) is 2.33. The van der Waals surface area contributed by atoms with Crippen molar-refractivity contribution in [3.8, 4) is 11.5 Å². The van der Waals surface area contributed by atoms with Crippen LogP contribution in [-0.2, 0) is 6.18 Å². The molecule has 3 aromatic rings. The maximum Gasteiger partial charge on any atom is 0.416 e. The summed E-state index contributed by atoms with van der Waals surface area (Å²) >= 11 is 0. The van der Waals surface area contributed by atoms with Crippen LogP contribution in [0.2, 0.25) is 0 Å². The van der Waals surface area contributed by atoms with Gasteiger partial charge in [-0.05, 0) is 48.5 Å². The summed E-state index contributed by atoms with van der Waals surface area (Å²) in [7, 11) is 0. The molecule has 2 aromatic carbocycles. The summed E-state index contributed by atoms with van der Waals surface area (Å²) in [6.45, 7) is 0. The number of pyridine rings is 1. The van der Waals surface area contributed by atoms with Gasteiger partial charge in [-0.25, -0.2) is 4.39 Å². The Morgan fingerprint density at radius 3 is 2.36 bits per heavy atom. The molecule has 2 N–H and O–H groups in total. The molecule has 1 heterocycles. The lowest BCUT2D eigenvalue weighted by Gasteiger charge is -2.13. The highest BCUT2D eigenvalue weighted by Gasteiger charge is 2.30. The monoisotopic (exact) mass is 392 g/mol. The Kier molecular flexibility index (Phi) is 5.16. The molecule has 0 atom stereocenters. The van der Waals surface area contributed by atoms with E-state index in [-0.39, 0.29) is 22.7 Å². The van der Waals surface area contributed by atoms with E-state index < -0.39 is 29.0 Å². The first-order valence-corrected chi connectivity index (χ1v) is 7.87. The number of H-pyrrole nitrogens is 1. The van der Waals surface area contributed by atoms with Gasteiger partial charge < -0.3 is 15.0 Å². The van der Waals surface area contributed by atoms with Crippen molar-refractivity contribution in [2.75, 3.05) is 5.32 Å². The van der Waals surface area contributed by atoms with Gasteiger partial charge in [-0.1, -0.05) is 0 Å². The molecule has 0 radical (unpaired) electrons. The van der Waals surface area contributed by atoms with Crippen LogP contribution in [0.5, 0.6) is 11.5 Å². The van der Waals surface area contributed by atoms with E-state index >= 15 is 0 Å². The van der Waals surface area contributed by atoms with Gasteiger partial charge in [-0.2, -0.15) is 13.2 Å². The highest BCUT2D eigenvalue weighted by atomic mass is 19.4. The number of carbonyl (C=O) groups excluding carboxylic acids is 1. The first-order valence-electron chi connectivity index (χ1n) is 7.87. The summed E-state index contributed by atoms with van der Waals surface area (Å²) in [4.78, 5) is 26.1. The number of anilines is 1. The molecule has 5 nitrogen and oxygen atoms in total. The zero-order valence-electron chi connectivity index (χ0n) is 14.0. The van der Waals surface area contributed by atoms with Crippen LogP contribution in [0.4, 0.5) is 23.2 Å². The number of aromatic amines is 1. The van der Waals surface area contributed by atoms with Crippen molar-refractivity contribution in [3.63, 3.8) is 0 Å². The number of halogens is 4. The molecule has 1 aromatic heterocycles. The first kappa shape index (κ1) is 19.2. The summed E-state index contributed by atoms with van der Waals surface area (Å²) in [6.07, 6.45) is -3.17. The minimum atomic E-state index is -4.49. The molecular formula is C19H12F4N2O3. The van der Waals surface area contributed by atoms with E-state index in [1.165, 1.54) is 18.3 Å². The predicted molar refractivity (Wildman–Crippen MR) is 92.9 cm³/mol. The average molecular weight is 392 g/mol. The third-order valence-electron chi connectivity index (χ3n) is 3.63. The number of hydrogen-bond donors (Lipinski definition) is 2. The Morgan fingerprint density at radius 1 is 1.00 bits per heavy atom. The van der Waals surface area contributed by atoms with E-state index in [0.29, 0.717) is 0 Å². The van der Waals surface area contributed by atoms with Crippen LogP contribution in [-0.4, -0.2) is 10.9 Å². The molecular weight excluding hydrogens is 380 g/mol. The Balaban J connectivity index is 1.86. The van der Waals surface area contributed by atoms with Crippen LogP contribution in [0.3, 0.4) is 0 Å². The molecule has 28 heavy (non-hydrogen) atoms. The summed E-state index contributed by atoms with van der Waals surface area (Å²) in [6, 6.07) is 9.53. The molecule has 0 fully saturated rings. The van der Waals surface area contributed by atoms with Crippen molar-refractivity contribution in [2.24, 2.45) is 0 Å². The van der Waals surface area contributed by atoms with E-state index in [1.807, 2.05) is 0 Å². The van der Waals surface area contributed by atoms with Gasteiger partial charge in [0.05, 0.1) is 11.1 Å². The maximum atomic E-state index is 13.6. The van der Waals surface area contributed by atoms with Crippen molar-refractivity contribution in [2.45, 2.75) is 6.18 Å². The third-order valence-corrected chi connectivity index (χ3v) is 3.63. The summed E-state index contributed by atoms with van der Waals surface area (Å²) in [5.74, 6) is -1.50. The lowest BCUT2D eigenvalue weighted by molar-refractivity contribution is -0.137. The normalized spacial score (nSPS) is 11.1. The summed E-state index contributed by atoms with van der Waals surface area (Å²) in [5.41, 5.74) is -1.32. The third kappa shape index (κ3) is 4.56. The van der Waals surface area contributed by atoms with E-state index in [1.54, 1.807) is 0 Å². The van der Waals surface area contributed by atoms with Crippen LogP contribution >= 0.6 is 0 Å². The number of hydrogen-bond acceptors (Lipinski definition) is 3. The summed E-state index contributed by atoms with van der Waals surface area (Å²) < 4.78 is 57.0. The van der Waals surface area contributed by atoms with Crippen LogP contribution in [0.25, 0.3) is 0 Å². The Hall–Kier alpha value is -3.62. The Bertz CT molecular complexity index is 1060. The molecule has 1 amide bonds. The van der Waals surface area contributed by atoms with Crippen molar-refractivity contribution < 1.29 is 27.1 Å². The zero-order valence-corrected chi connectivity index (χ0v) is 14.0. The molecule has 0 spiro atoms. The number of aromatic nitrogens is 1. The fraction of sp³-hybridized carbons (Fsp3) is 0.0526. The molecule has 0 bridgehead atoms. The first-order chi connectivity index (χ1) is 13.2. The number of alkyl halides is 3. The number of carbonyl (C=O) groups is 1. The molecule has 0 aliphatic rings. The molecule has 0 saturated carbocycles. The van der Waals surface area contributed by atoms with Crippen LogP contribution in [0, 0.1) is 5.82 Å². The fourth-order valence-electron chi connectivity index (χ4n) is 2.33. The second-order valence-electron chi connectivity index (χ2n) is 5.66. The molecule has 144 valence electrons. The van der Waals surface area contributed by atoms with Crippen LogP contribution in [0.1, 0.15) is 15.9 Å². The standard InChI is InChI=1S/C19H12F4N2O3/c20-12-3-6-16(28-14-4-1-11(2-5-14)19(21,22)23)15(9-12)18(27)25-13-7-8-24-17(26)10-13/h1-10H,(H2,24,25,26,27). The number of amides is 1. The second kappa shape index (κ2) is 7.55. The second-order valence-corrected chi connectivity index (χ2v) is 5.66. The number of benzene rings is 2. The van der Waals surface area contributed by atoms with E-state index in [0.717, 1.165) is 42.5 Å². The molecule has 9 heteroatoms. The molecule has 0 aliphatic carbocycles. The van der Waals surface area contributed by atoms with Crippen molar-refractivity contribution in [1.82, 2.24) is 4.98 Å². The number of rotatable bonds is 4. The quantitative estimate of drug-likeness (QED) is 0.639. The van der Waals surface area contributed by atoms with E-state index in [2.05, 4.69) is 10.3 Å². The summed E-state index contributed by atoms with van der Waals surface area (Å²) in [5, 5.41) is 2.43. The topological polar surface area (TPSA) is 71.2 Å². The van der Waals surface area contributed by atoms with E-state index in [4.69, 9.17) is 4.74 Å². The highest BCUT2D eigenvalue weighted by molar-refractivity contribution is 6.06. The van der Waals surface area contributed by atoms with Gasteiger partial charge in [-0.3, -0.25) is 9.59 Å². The zero-order chi connectivity index (χ0) is 20.3. The SMILES string of the molecule is O=C(Nc1cc[nH]c(=O)c1)c1cc(F)ccc1Oc1ccc(C(F)(F)F)cc1. The number of nitrogens with one attached hydrogen (secondary N) is 2. The highest BCUT2D eigenvalue weighted by Crippen LogP contribution is 2.32. The maximum absolute atomic E-state index is 13.6. The van der Waals surface area contributed by atoms with Gasteiger partial charge in [0, 0.05) is 18.0 Å². The lowest BCUT2D eigenvalue weighted by Crippen LogP contribution is -2.15.